The number of hydrogen-bond acceptors (Lipinski definition) is 9. The molecule has 0 bridgehead atoms. The van der Waals surface area contributed by atoms with Crippen molar-refractivity contribution < 1.29 is 38.8 Å². The fraction of sp³-hybridized carbons (Fsp3) is 0.321. The Morgan fingerprint density at radius 2 is 1.72 bits per heavy atom. The Kier molecular flexibility index (Phi) is 12.5. The van der Waals surface area contributed by atoms with E-state index in [4.69, 9.17) is 41.8 Å². The Balaban J connectivity index is 0.000000404. The summed E-state index contributed by atoms with van der Waals surface area (Å²) in [6.45, 7) is 4.42. The molecule has 0 saturated carbocycles. The first-order valence-electron chi connectivity index (χ1n) is 12.1. The number of rotatable bonds is 10. The van der Waals surface area contributed by atoms with Gasteiger partial charge >= 0.3 is 17.9 Å². The van der Waals surface area contributed by atoms with Crippen LogP contribution in [0.15, 0.2) is 71.1 Å². The van der Waals surface area contributed by atoms with Crippen LogP contribution < -0.4 is 11.1 Å². The topological polar surface area (TPSA) is 157 Å². The molecule has 1 heterocycles. The molecule has 0 aromatic heterocycles. The standard InChI is InChI=1S/C20H25ClN2O5.C8H8O3/c1-4-28-20(25)18-15(11-27-10-9-22)23-12(2)16(19(24)26-3)17(18)13-7-5-6-8-14(13)21;9-7-3-1-6(2-4-7)5-8(10)11/h5-8,17,23H,4,9-11,22H2,1-3H3;1-4,9H,5H2,(H,10,11). The lowest BCUT2D eigenvalue weighted by atomic mass is 9.80. The van der Waals surface area contributed by atoms with Gasteiger partial charge in [0.15, 0.2) is 0 Å². The van der Waals surface area contributed by atoms with Gasteiger partial charge in [0.2, 0.25) is 0 Å². The van der Waals surface area contributed by atoms with Crippen molar-refractivity contribution in [1.29, 1.82) is 0 Å². The van der Waals surface area contributed by atoms with Crippen LogP contribution in [-0.4, -0.2) is 61.6 Å². The van der Waals surface area contributed by atoms with E-state index in [9.17, 15) is 14.4 Å². The molecule has 2 aromatic rings. The molecular formula is C28H33ClN2O8. The number of ether oxygens (including phenoxy) is 3. The van der Waals surface area contributed by atoms with Crippen molar-refractivity contribution in [3.8, 4) is 5.75 Å². The number of halogens is 1. The number of dihydropyridines is 1. The zero-order valence-electron chi connectivity index (χ0n) is 22.0. The summed E-state index contributed by atoms with van der Waals surface area (Å²) in [5.41, 5.74) is 8.39. The fourth-order valence-corrected chi connectivity index (χ4v) is 4.15. The first kappa shape index (κ1) is 31.4. The summed E-state index contributed by atoms with van der Waals surface area (Å²) < 4.78 is 15.8. The third-order valence-corrected chi connectivity index (χ3v) is 5.91. The lowest BCUT2D eigenvalue weighted by Crippen LogP contribution is -2.35. The smallest absolute Gasteiger partial charge is 0.336 e. The van der Waals surface area contributed by atoms with Crippen LogP contribution in [0, 0.1) is 0 Å². The number of phenolic OH excluding ortho intramolecular Hbond substituents is 1. The van der Waals surface area contributed by atoms with Gasteiger partial charge in [-0.05, 0) is 43.2 Å². The molecule has 2 aromatic carbocycles. The predicted octanol–water partition coefficient (Wildman–Crippen LogP) is 3.29. The number of nitrogens with two attached hydrogens (primary N) is 1. The molecule has 0 aliphatic carbocycles. The van der Waals surface area contributed by atoms with Gasteiger partial charge in [0.05, 0.1) is 56.1 Å². The van der Waals surface area contributed by atoms with Gasteiger partial charge < -0.3 is 35.5 Å². The number of phenols is 1. The van der Waals surface area contributed by atoms with Crippen LogP contribution in [0.5, 0.6) is 5.75 Å². The quantitative estimate of drug-likeness (QED) is 0.251. The van der Waals surface area contributed by atoms with Gasteiger partial charge in [-0.25, -0.2) is 9.59 Å². The number of hydrogen-bond donors (Lipinski definition) is 4. The van der Waals surface area contributed by atoms with Gasteiger partial charge in [-0.2, -0.15) is 0 Å². The second-order valence-electron chi connectivity index (χ2n) is 8.30. The number of methoxy groups -OCH3 is 1. The first-order valence-corrected chi connectivity index (χ1v) is 12.5. The van der Waals surface area contributed by atoms with Crippen LogP contribution in [0.2, 0.25) is 5.02 Å². The number of carbonyl (C=O) groups is 3. The maximum atomic E-state index is 12.9. The summed E-state index contributed by atoms with van der Waals surface area (Å²) in [5.74, 6) is -2.58. The van der Waals surface area contributed by atoms with Crippen molar-refractivity contribution in [2.75, 3.05) is 33.5 Å². The molecule has 0 amide bonds. The van der Waals surface area contributed by atoms with E-state index in [1.54, 1.807) is 50.2 Å². The lowest BCUT2D eigenvalue weighted by molar-refractivity contribution is -0.139. The Morgan fingerprint density at radius 1 is 1.05 bits per heavy atom. The second kappa shape index (κ2) is 15.5. The van der Waals surface area contributed by atoms with Crippen LogP contribution in [-0.2, 0) is 35.0 Å². The highest BCUT2D eigenvalue weighted by molar-refractivity contribution is 6.31. The molecule has 1 aliphatic rings. The van der Waals surface area contributed by atoms with Gasteiger partial charge in [-0.15, -0.1) is 0 Å². The highest BCUT2D eigenvalue weighted by atomic mass is 35.5. The fourth-order valence-electron chi connectivity index (χ4n) is 3.91. The van der Waals surface area contributed by atoms with Crippen LogP contribution in [0.3, 0.4) is 0 Å². The minimum Gasteiger partial charge on any atom is -0.508 e. The SMILES string of the molecule is CCOC(=O)C1=C(COCCN)NC(C)=C(C(=O)OC)C1c1ccccc1Cl.O=C(O)Cc1ccc(O)cc1. The van der Waals surface area contributed by atoms with Crippen LogP contribution in [0.1, 0.15) is 30.9 Å². The molecule has 1 atom stereocenters. The summed E-state index contributed by atoms with van der Waals surface area (Å²) in [6, 6.07) is 13.2. The number of allylic oxidation sites excluding steroid dienone is 1. The summed E-state index contributed by atoms with van der Waals surface area (Å²) in [5, 5.41) is 20.7. The zero-order chi connectivity index (χ0) is 28.9. The highest BCUT2D eigenvalue weighted by Crippen LogP contribution is 2.41. The van der Waals surface area contributed by atoms with E-state index in [0.29, 0.717) is 46.3 Å². The molecule has 210 valence electrons. The van der Waals surface area contributed by atoms with E-state index >= 15 is 0 Å². The van der Waals surface area contributed by atoms with E-state index in [0.717, 1.165) is 0 Å². The number of esters is 2. The number of benzene rings is 2. The third-order valence-electron chi connectivity index (χ3n) is 5.56. The summed E-state index contributed by atoms with van der Waals surface area (Å²) in [6.07, 6.45) is 0.000278. The molecule has 0 spiro atoms. The van der Waals surface area contributed by atoms with Gasteiger partial charge in [0.1, 0.15) is 5.75 Å². The maximum Gasteiger partial charge on any atom is 0.336 e. The van der Waals surface area contributed by atoms with Crippen molar-refractivity contribution in [2.24, 2.45) is 5.73 Å². The average Bonchev–Trinajstić information content (AvgIpc) is 2.90. The van der Waals surface area contributed by atoms with Crippen molar-refractivity contribution in [3.63, 3.8) is 0 Å². The first-order chi connectivity index (χ1) is 18.6. The van der Waals surface area contributed by atoms with Crippen LogP contribution in [0.25, 0.3) is 0 Å². The number of aliphatic carboxylic acids is 1. The Morgan fingerprint density at radius 3 is 2.28 bits per heavy atom. The Bertz CT molecular complexity index is 1220. The van der Waals surface area contributed by atoms with E-state index in [1.807, 2.05) is 0 Å². The van der Waals surface area contributed by atoms with E-state index < -0.39 is 23.8 Å². The molecule has 10 nitrogen and oxygen atoms in total. The third kappa shape index (κ3) is 8.85. The molecule has 1 aliphatic heterocycles. The van der Waals surface area contributed by atoms with E-state index in [1.165, 1.54) is 19.2 Å². The van der Waals surface area contributed by atoms with Crippen molar-refractivity contribution in [2.45, 2.75) is 26.2 Å². The largest absolute Gasteiger partial charge is 0.508 e. The van der Waals surface area contributed by atoms with Crippen molar-refractivity contribution in [1.82, 2.24) is 5.32 Å². The monoisotopic (exact) mass is 560 g/mol. The number of carboxylic acid groups (broad SMARTS) is 1. The summed E-state index contributed by atoms with van der Waals surface area (Å²) >= 11 is 6.42. The van der Waals surface area contributed by atoms with Gasteiger partial charge in [0, 0.05) is 17.3 Å². The molecular weight excluding hydrogens is 528 g/mol. The molecule has 5 N–H and O–H groups in total. The van der Waals surface area contributed by atoms with Crippen LogP contribution in [0.4, 0.5) is 0 Å². The Labute approximate surface area is 232 Å². The second-order valence-corrected chi connectivity index (χ2v) is 8.71. The summed E-state index contributed by atoms with van der Waals surface area (Å²) in [7, 11) is 1.29. The molecule has 39 heavy (non-hydrogen) atoms. The number of aromatic hydroxyl groups is 1. The minimum atomic E-state index is -0.865. The molecule has 0 fully saturated rings. The number of carbonyl (C=O) groups excluding carboxylic acids is 2. The molecule has 3 rings (SSSR count). The highest BCUT2D eigenvalue weighted by Gasteiger charge is 2.39. The lowest BCUT2D eigenvalue weighted by Gasteiger charge is -2.31. The minimum absolute atomic E-state index is 0.000278. The van der Waals surface area contributed by atoms with Crippen molar-refractivity contribution in [3.05, 3.63) is 87.2 Å². The number of carboxylic acids is 1. The van der Waals surface area contributed by atoms with E-state index in [-0.39, 0.29) is 31.0 Å². The molecule has 0 radical (unpaired) electrons. The van der Waals surface area contributed by atoms with Gasteiger partial charge in [-0.3, -0.25) is 4.79 Å². The normalized spacial score (nSPS) is 14.6. The van der Waals surface area contributed by atoms with E-state index in [2.05, 4.69) is 5.32 Å². The van der Waals surface area contributed by atoms with Crippen LogP contribution >= 0.6 is 11.6 Å². The zero-order valence-corrected chi connectivity index (χ0v) is 22.8. The maximum absolute atomic E-state index is 12.9. The number of nitrogens with one attached hydrogen (secondary N) is 1. The predicted molar refractivity (Wildman–Crippen MR) is 145 cm³/mol. The Hall–Kier alpha value is -3.86. The van der Waals surface area contributed by atoms with Crippen molar-refractivity contribution >= 4 is 29.5 Å². The summed E-state index contributed by atoms with van der Waals surface area (Å²) in [4.78, 5) is 35.7. The van der Waals surface area contributed by atoms with Gasteiger partial charge in [0.25, 0.3) is 0 Å². The average molecular weight is 561 g/mol. The molecule has 11 heteroatoms. The molecule has 1 unspecified atom stereocenters. The van der Waals surface area contributed by atoms with Gasteiger partial charge in [-0.1, -0.05) is 41.9 Å². The molecule has 0 saturated heterocycles.